The summed E-state index contributed by atoms with van der Waals surface area (Å²) in [4.78, 5) is 0. The van der Waals surface area contributed by atoms with Gasteiger partial charge < -0.3 is 0 Å². The topological polar surface area (TPSA) is 0 Å². The standard InChI is InChI=1S/C9H14/c1-6-7(2)9-4-3-8(6)5-9/h3-4,6-9H,5H2,1-2H3/t6-,7-,8-,9-/m0/s1. The van der Waals surface area contributed by atoms with Crippen molar-refractivity contribution in [3.63, 3.8) is 0 Å². The monoisotopic (exact) mass is 122 g/mol. The molecule has 2 rings (SSSR count). The molecule has 0 heteroatoms. The SMILES string of the molecule is C[C@H]1[C@H](C)[C@H]2C=C[C@H]1C2. The molecule has 50 valence electrons. The van der Waals surface area contributed by atoms with E-state index in [1.807, 2.05) is 0 Å². The predicted octanol–water partition coefficient (Wildman–Crippen LogP) is 2.46. The van der Waals surface area contributed by atoms with E-state index in [4.69, 9.17) is 0 Å². The van der Waals surface area contributed by atoms with Crippen molar-refractivity contribution in [2.75, 3.05) is 0 Å². The van der Waals surface area contributed by atoms with Crippen LogP contribution in [0, 0.1) is 23.7 Å². The van der Waals surface area contributed by atoms with Gasteiger partial charge in [0.2, 0.25) is 0 Å². The van der Waals surface area contributed by atoms with Gasteiger partial charge in [0.25, 0.3) is 0 Å². The highest BCUT2D eigenvalue weighted by molar-refractivity contribution is 5.11. The van der Waals surface area contributed by atoms with E-state index in [-0.39, 0.29) is 0 Å². The van der Waals surface area contributed by atoms with Gasteiger partial charge in [0.1, 0.15) is 0 Å². The van der Waals surface area contributed by atoms with Gasteiger partial charge in [-0.05, 0) is 30.1 Å². The molecule has 2 aliphatic rings. The minimum absolute atomic E-state index is 0.935. The van der Waals surface area contributed by atoms with Gasteiger partial charge in [-0.3, -0.25) is 0 Å². The molecule has 0 saturated heterocycles. The van der Waals surface area contributed by atoms with Gasteiger partial charge in [0.05, 0.1) is 0 Å². The smallest absolute Gasteiger partial charge is 0.0199 e. The van der Waals surface area contributed by atoms with Crippen LogP contribution in [0.4, 0.5) is 0 Å². The molecule has 0 nitrogen and oxygen atoms in total. The van der Waals surface area contributed by atoms with Crippen LogP contribution in [0.5, 0.6) is 0 Å². The minimum atomic E-state index is 0.935. The van der Waals surface area contributed by atoms with Crippen molar-refractivity contribution in [2.45, 2.75) is 20.3 Å². The van der Waals surface area contributed by atoms with E-state index >= 15 is 0 Å². The van der Waals surface area contributed by atoms with Gasteiger partial charge in [-0.2, -0.15) is 0 Å². The summed E-state index contributed by atoms with van der Waals surface area (Å²) in [5.74, 6) is 3.79. The third-order valence-corrected chi connectivity index (χ3v) is 3.33. The fourth-order valence-corrected chi connectivity index (χ4v) is 2.32. The Morgan fingerprint density at radius 2 is 1.44 bits per heavy atom. The van der Waals surface area contributed by atoms with E-state index in [0.717, 1.165) is 23.7 Å². The second kappa shape index (κ2) is 1.62. The van der Waals surface area contributed by atoms with Gasteiger partial charge in [0.15, 0.2) is 0 Å². The van der Waals surface area contributed by atoms with Crippen LogP contribution in [0.1, 0.15) is 20.3 Å². The average Bonchev–Trinajstić information content (AvgIpc) is 2.37. The van der Waals surface area contributed by atoms with Crippen LogP contribution in [0.2, 0.25) is 0 Å². The Kier molecular flexibility index (Phi) is 0.992. The van der Waals surface area contributed by atoms with Crippen molar-refractivity contribution >= 4 is 0 Å². The molecular formula is C9H14. The molecule has 0 spiro atoms. The quantitative estimate of drug-likeness (QED) is 0.433. The minimum Gasteiger partial charge on any atom is -0.0848 e. The van der Waals surface area contributed by atoms with Crippen LogP contribution in [-0.2, 0) is 0 Å². The average molecular weight is 122 g/mol. The van der Waals surface area contributed by atoms with Crippen molar-refractivity contribution in [2.24, 2.45) is 23.7 Å². The third kappa shape index (κ3) is 0.593. The van der Waals surface area contributed by atoms with Crippen molar-refractivity contribution in [3.05, 3.63) is 12.2 Å². The van der Waals surface area contributed by atoms with Crippen LogP contribution in [0.3, 0.4) is 0 Å². The van der Waals surface area contributed by atoms with Gasteiger partial charge in [-0.25, -0.2) is 0 Å². The van der Waals surface area contributed by atoms with Crippen LogP contribution in [0.15, 0.2) is 12.2 Å². The first-order chi connectivity index (χ1) is 4.29. The fraction of sp³-hybridized carbons (Fsp3) is 0.778. The molecule has 0 aromatic carbocycles. The maximum absolute atomic E-state index is 2.41. The van der Waals surface area contributed by atoms with E-state index < -0.39 is 0 Å². The summed E-state index contributed by atoms with van der Waals surface area (Å²) in [6.45, 7) is 4.78. The first kappa shape index (κ1) is 5.52. The van der Waals surface area contributed by atoms with E-state index in [9.17, 15) is 0 Å². The molecular weight excluding hydrogens is 108 g/mol. The molecule has 0 radical (unpaired) electrons. The van der Waals surface area contributed by atoms with Crippen molar-refractivity contribution in [1.82, 2.24) is 0 Å². The number of hydrogen-bond acceptors (Lipinski definition) is 0. The zero-order valence-electron chi connectivity index (χ0n) is 6.17. The van der Waals surface area contributed by atoms with Gasteiger partial charge in [-0.15, -0.1) is 0 Å². The summed E-state index contributed by atoms with van der Waals surface area (Å²) in [7, 11) is 0. The first-order valence-corrected chi connectivity index (χ1v) is 3.97. The van der Waals surface area contributed by atoms with E-state index in [1.165, 1.54) is 6.42 Å². The third-order valence-electron chi connectivity index (χ3n) is 3.33. The zero-order valence-corrected chi connectivity index (χ0v) is 6.17. The molecule has 1 saturated carbocycles. The van der Waals surface area contributed by atoms with Crippen LogP contribution in [0.25, 0.3) is 0 Å². The van der Waals surface area contributed by atoms with E-state index in [1.54, 1.807) is 0 Å². The van der Waals surface area contributed by atoms with Crippen LogP contribution < -0.4 is 0 Å². The lowest BCUT2D eigenvalue weighted by atomic mass is 9.86. The number of fused-ring (bicyclic) bond motifs is 2. The molecule has 0 aliphatic heterocycles. The normalized spacial score (nSPS) is 54.9. The van der Waals surface area contributed by atoms with E-state index in [2.05, 4.69) is 26.0 Å². The molecule has 9 heavy (non-hydrogen) atoms. The zero-order chi connectivity index (χ0) is 6.43. The van der Waals surface area contributed by atoms with Crippen molar-refractivity contribution in [1.29, 1.82) is 0 Å². The molecule has 0 aromatic rings. The summed E-state index contributed by atoms with van der Waals surface area (Å²) < 4.78 is 0. The predicted molar refractivity (Wildman–Crippen MR) is 39.1 cm³/mol. The Labute approximate surface area is 57.0 Å². The van der Waals surface area contributed by atoms with Crippen molar-refractivity contribution < 1.29 is 0 Å². The lowest BCUT2D eigenvalue weighted by Gasteiger charge is -2.19. The molecule has 2 aliphatic carbocycles. The van der Waals surface area contributed by atoms with Gasteiger partial charge in [0, 0.05) is 0 Å². The molecule has 0 N–H and O–H groups in total. The molecule has 0 amide bonds. The number of hydrogen-bond donors (Lipinski definition) is 0. The molecule has 0 unspecified atom stereocenters. The number of rotatable bonds is 0. The Morgan fingerprint density at radius 1 is 1.00 bits per heavy atom. The molecule has 4 atom stereocenters. The molecule has 1 fully saturated rings. The van der Waals surface area contributed by atoms with Crippen molar-refractivity contribution in [3.8, 4) is 0 Å². The van der Waals surface area contributed by atoms with Gasteiger partial charge >= 0.3 is 0 Å². The Bertz CT molecular complexity index is 130. The maximum atomic E-state index is 2.41. The second-order valence-corrected chi connectivity index (χ2v) is 3.67. The largest absolute Gasteiger partial charge is 0.0848 e. The summed E-state index contributed by atoms with van der Waals surface area (Å²) in [6, 6.07) is 0. The summed E-state index contributed by atoms with van der Waals surface area (Å²) in [6.07, 6.45) is 6.27. The number of allylic oxidation sites excluding steroid dienone is 2. The summed E-state index contributed by atoms with van der Waals surface area (Å²) in [5.41, 5.74) is 0. The first-order valence-electron chi connectivity index (χ1n) is 3.97. The fourth-order valence-electron chi connectivity index (χ4n) is 2.32. The highest BCUT2D eigenvalue weighted by Crippen LogP contribution is 2.47. The summed E-state index contributed by atoms with van der Waals surface area (Å²) in [5, 5.41) is 0. The second-order valence-electron chi connectivity index (χ2n) is 3.67. The Balaban J connectivity index is 2.26. The van der Waals surface area contributed by atoms with Gasteiger partial charge in [-0.1, -0.05) is 26.0 Å². The molecule has 0 heterocycles. The molecule has 2 bridgehead atoms. The maximum Gasteiger partial charge on any atom is -0.0199 e. The highest BCUT2D eigenvalue weighted by atomic mass is 14.4. The molecule has 0 aromatic heterocycles. The Morgan fingerprint density at radius 3 is 1.67 bits per heavy atom. The Hall–Kier alpha value is -0.260. The highest BCUT2D eigenvalue weighted by Gasteiger charge is 2.38. The lowest BCUT2D eigenvalue weighted by molar-refractivity contribution is 0.364. The lowest BCUT2D eigenvalue weighted by Crippen LogP contribution is -2.12. The summed E-state index contributed by atoms with van der Waals surface area (Å²) >= 11 is 0. The van der Waals surface area contributed by atoms with Crippen LogP contribution in [-0.4, -0.2) is 0 Å². The van der Waals surface area contributed by atoms with E-state index in [0.29, 0.717) is 0 Å². The van der Waals surface area contributed by atoms with Crippen LogP contribution >= 0.6 is 0 Å².